The number of carbonyl (C=O) groups is 1. The molecule has 0 spiro atoms. The Morgan fingerprint density at radius 1 is 1.30 bits per heavy atom. The van der Waals surface area contributed by atoms with Crippen LogP contribution in [0.2, 0.25) is 0 Å². The first-order valence-electron chi connectivity index (χ1n) is 9.83. The third kappa shape index (κ3) is 5.25. The lowest BCUT2D eigenvalue weighted by Gasteiger charge is -2.23. The van der Waals surface area contributed by atoms with Gasteiger partial charge >= 0.3 is 6.61 Å². The normalized spacial score (nSPS) is 15.6. The summed E-state index contributed by atoms with van der Waals surface area (Å²) in [5.74, 6) is -0.234. The SMILES string of the molecule is COc1cc(C2CC(c3cccs3)=NN2C(=O)CSc2cccc[n+]2[O-])ccc1OC(F)F. The summed E-state index contributed by atoms with van der Waals surface area (Å²) >= 11 is 2.63. The van der Waals surface area contributed by atoms with Crippen LogP contribution in [0.5, 0.6) is 11.5 Å². The highest BCUT2D eigenvalue weighted by Crippen LogP contribution is 2.38. The van der Waals surface area contributed by atoms with E-state index in [-0.39, 0.29) is 23.2 Å². The van der Waals surface area contributed by atoms with Gasteiger partial charge in [-0.3, -0.25) is 4.79 Å². The average Bonchev–Trinajstić information content (AvgIpc) is 3.48. The van der Waals surface area contributed by atoms with Crippen molar-refractivity contribution in [3.63, 3.8) is 0 Å². The molecule has 172 valence electrons. The largest absolute Gasteiger partial charge is 0.618 e. The van der Waals surface area contributed by atoms with Crippen LogP contribution in [0.15, 0.2) is 70.2 Å². The molecule has 3 aromatic rings. The molecular formula is C22H19F2N3O4S2. The Morgan fingerprint density at radius 2 is 2.15 bits per heavy atom. The Balaban J connectivity index is 1.60. The van der Waals surface area contributed by atoms with Gasteiger partial charge in [0.05, 0.1) is 29.5 Å². The zero-order chi connectivity index (χ0) is 23.4. The second-order valence-electron chi connectivity index (χ2n) is 6.92. The summed E-state index contributed by atoms with van der Waals surface area (Å²) in [5, 5.41) is 20.2. The molecule has 0 bridgehead atoms. The standard InChI is InChI=1S/C22H19F2N3O4S2/c1-30-18-11-14(7-8-17(18)31-22(23)24)16-12-15(19-5-4-10-32-19)25-27(16)20(28)13-33-21-6-2-3-9-26(21)29/h2-11,16,22H,12-13H2,1H3. The lowest BCUT2D eigenvalue weighted by Crippen LogP contribution is -2.31. The van der Waals surface area contributed by atoms with E-state index in [4.69, 9.17) is 4.74 Å². The summed E-state index contributed by atoms with van der Waals surface area (Å²) in [4.78, 5) is 14.1. The molecule has 0 fully saturated rings. The van der Waals surface area contributed by atoms with Crippen molar-refractivity contribution in [3.05, 3.63) is 75.8 Å². The molecule has 0 N–H and O–H groups in total. The molecule has 1 unspecified atom stereocenters. The van der Waals surface area contributed by atoms with Crippen molar-refractivity contribution in [2.24, 2.45) is 5.10 Å². The van der Waals surface area contributed by atoms with E-state index in [0.717, 1.165) is 22.4 Å². The molecule has 33 heavy (non-hydrogen) atoms. The van der Waals surface area contributed by atoms with E-state index < -0.39 is 12.7 Å². The smallest absolute Gasteiger partial charge is 0.387 e. The Kier molecular flexibility index (Phi) is 7.09. The predicted molar refractivity (Wildman–Crippen MR) is 121 cm³/mol. The van der Waals surface area contributed by atoms with Gasteiger partial charge in [0.2, 0.25) is 0 Å². The monoisotopic (exact) mass is 491 g/mol. The molecule has 3 heterocycles. The Bertz CT molecular complexity index is 1160. The number of benzene rings is 1. The summed E-state index contributed by atoms with van der Waals surface area (Å²) in [6.07, 6.45) is 1.82. The Hall–Kier alpha value is -3.18. The quantitative estimate of drug-likeness (QED) is 0.264. The number of nitrogens with zero attached hydrogens (tertiary/aromatic N) is 3. The number of carbonyl (C=O) groups excluding carboxylic acids is 1. The number of halogens is 2. The first-order chi connectivity index (χ1) is 16.0. The summed E-state index contributed by atoms with van der Waals surface area (Å²) in [6.45, 7) is -2.98. The number of alkyl halides is 2. The minimum atomic E-state index is -2.98. The summed E-state index contributed by atoms with van der Waals surface area (Å²) < 4.78 is 35.8. The van der Waals surface area contributed by atoms with Gasteiger partial charge in [0, 0.05) is 18.6 Å². The number of amides is 1. The fraction of sp³-hybridized carbons (Fsp3) is 0.227. The Morgan fingerprint density at radius 3 is 2.85 bits per heavy atom. The number of hydrogen-bond acceptors (Lipinski definition) is 7. The second kappa shape index (κ2) is 10.2. The average molecular weight is 492 g/mol. The number of thioether (sulfide) groups is 1. The molecule has 1 atom stereocenters. The van der Waals surface area contributed by atoms with Crippen LogP contribution in [0.3, 0.4) is 0 Å². The van der Waals surface area contributed by atoms with Gasteiger partial charge < -0.3 is 14.7 Å². The maximum Gasteiger partial charge on any atom is 0.387 e. The van der Waals surface area contributed by atoms with E-state index in [1.54, 1.807) is 30.3 Å². The zero-order valence-electron chi connectivity index (χ0n) is 17.4. The third-order valence-corrected chi connectivity index (χ3v) is 6.81. The Labute approximate surface area is 196 Å². The number of hydrogen-bond donors (Lipinski definition) is 0. The first kappa shape index (κ1) is 23.0. The van der Waals surface area contributed by atoms with Gasteiger partial charge in [-0.05, 0) is 47.0 Å². The highest BCUT2D eigenvalue weighted by Gasteiger charge is 2.34. The van der Waals surface area contributed by atoms with Gasteiger partial charge in [-0.25, -0.2) is 5.01 Å². The van der Waals surface area contributed by atoms with E-state index in [1.165, 1.54) is 35.7 Å². The fourth-order valence-corrected chi connectivity index (χ4v) is 4.89. The molecule has 7 nitrogen and oxygen atoms in total. The van der Waals surface area contributed by atoms with E-state index in [1.807, 2.05) is 17.5 Å². The van der Waals surface area contributed by atoms with Crippen molar-refractivity contribution in [1.29, 1.82) is 0 Å². The summed E-state index contributed by atoms with van der Waals surface area (Å²) in [5.41, 5.74) is 1.42. The fourth-order valence-electron chi connectivity index (χ4n) is 3.40. The van der Waals surface area contributed by atoms with Crippen molar-refractivity contribution >= 4 is 34.7 Å². The number of thiophene rings is 1. The van der Waals surface area contributed by atoms with E-state index in [9.17, 15) is 18.8 Å². The van der Waals surface area contributed by atoms with Gasteiger partial charge in [-0.15, -0.1) is 11.3 Å². The van der Waals surface area contributed by atoms with Gasteiger partial charge in [-0.2, -0.15) is 18.6 Å². The van der Waals surface area contributed by atoms with Crippen LogP contribution >= 0.6 is 23.1 Å². The zero-order valence-corrected chi connectivity index (χ0v) is 19.0. The maximum absolute atomic E-state index is 13.1. The van der Waals surface area contributed by atoms with Crippen LogP contribution < -0.4 is 14.2 Å². The second-order valence-corrected chi connectivity index (χ2v) is 8.87. The third-order valence-electron chi connectivity index (χ3n) is 4.89. The topological polar surface area (TPSA) is 78.1 Å². The molecule has 4 rings (SSSR count). The molecule has 0 aliphatic carbocycles. The number of ether oxygens (including phenoxy) is 2. The highest BCUT2D eigenvalue weighted by atomic mass is 32.2. The predicted octanol–water partition coefficient (Wildman–Crippen LogP) is 4.46. The minimum absolute atomic E-state index is 0.00762. The lowest BCUT2D eigenvalue weighted by molar-refractivity contribution is -0.645. The van der Waals surface area contributed by atoms with Gasteiger partial charge in [0.25, 0.3) is 10.9 Å². The number of methoxy groups -OCH3 is 1. The molecule has 1 aliphatic heterocycles. The number of hydrazone groups is 1. The van der Waals surface area contributed by atoms with E-state index in [2.05, 4.69) is 9.84 Å². The van der Waals surface area contributed by atoms with Crippen LogP contribution in [-0.2, 0) is 4.79 Å². The molecule has 2 aromatic heterocycles. The molecule has 1 amide bonds. The number of rotatable bonds is 8. The van der Waals surface area contributed by atoms with Crippen LogP contribution in [0.25, 0.3) is 0 Å². The van der Waals surface area contributed by atoms with Crippen LogP contribution in [0.1, 0.15) is 22.9 Å². The minimum Gasteiger partial charge on any atom is -0.618 e. The van der Waals surface area contributed by atoms with Crippen molar-refractivity contribution in [1.82, 2.24) is 5.01 Å². The highest BCUT2D eigenvalue weighted by molar-refractivity contribution is 7.99. The lowest BCUT2D eigenvalue weighted by atomic mass is 10.0. The van der Waals surface area contributed by atoms with Crippen molar-refractivity contribution in [2.75, 3.05) is 12.9 Å². The van der Waals surface area contributed by atoms with Crippen molar-refractivity contribution in [2.45, 2.75) is 24.1 Å². The molecule has 0 saturated carbocycles. The van der Waals surface area contributed by atoms with Crippen LogP contribution in [0.4, 0.5) is 8.78 Å². The summed E-state index contributed by atoms with van der Waals surface area (Å²) in [6, 6.07) is 12.9. The van der Waals surface area contributed by atoms with Crippen molar-refractivity contribution in [3.8, 4) is 11.5 Å². The van der Waals surface area contributed by atoms with Crippen LogP contribution in [0, 0.1) is 5.21 Å². The molecule has 0 radical (unpaired) electrons. The van der Waals surface area contributed by atoms with Gasteiger partial charge in [-0.1, -0.05) is 12.1 Å². The molecule has 11 heteroatoms. The molecular weight excluding hydrogens is 472 g/mol. The number of pyridine rings is 1. The maximum atomic E-state index is 13.1. The molecule has 0 saturated heterocycles. The number of aromatic nitrogens is 1. The van der Waals surface area contributed by atoms with Crippen molar-refractivity contribution < 1.29 is 27.8 Å². The summed E-state index contributed by atoms with van der Waals surface area (Å²) in [7, 11) is 1.36. The van der Waals surface area contributed by atoms with Crippen LogP contribution in [-0.4, -0.2) is 36.1 Å². The van der Waals surface area contributed by atoms with E-state index in [0.29, 0.717) is 21.7 Å². The molecule has 1 aromatic carbocycles. The van der Waals surface area contributed by atoms with Gasteiger partial charge in [0.1, 0.15) is 0 Å². The van der Waals surface area contributed by atoms with E-state index >= 15 is 0 Å². The van der Waals surface area contributed by atoms with Gasteiger partial charge in [0.15, 0.2) is 17.7 Å². The first-order valence-corrected chi connectivity index (χ1v) is 11.7. The molecule has 1 aliphatic rings.